The molecule has 0 aliphatic carbocycles. The summed E-state index contributed by atoms with van der Waals surface area (Å²) >= 11 is 0. The van der Waals surface area contributed by atoms with E-state index in [0.29, 0.717) is 5.92 Å². The molecule has 3 rings (SSSR count). The Balaban J connectivity index is 1.91. The van der Waals surface area contributed by atoms with Gasteiger partial charge in [0.05, 0.1) is 0 Å². The first-order chi connectivity index (χ1) is 7.84. The van der Waals surface area contributed by atoms with Gasteiger partial charge >= 0.3 is 0 Å². The van der Waals surface area contributed by atoms with Crippen molar-refractivity contribution >= 4 is 11.1 Å². The van der Waals surface area contributed by atoms with Gasteiger partial charge in [0.2, 0.25) is 0 Å². The number of hydrogen-bond donors (Lipinski definition) is 2. The van der Waals surface area contributed by atoms with E-state index in [0.717, 1.165) is 36.2 Å². The zero-order valence-electron chi connectivity index (χ0n) is 9.02. The van der Waals surface area contributed by atoms with E-state index in [2.05, 4.69) is 10.3 Å². The summed E-state index contributed by atoms with van der Waals surface area (Å²) in [7, 11) is 0. The molecule has 0 radical (unpaired) electrons. The highest BCUT2D eigenvalue weighted by Crippen LogP contribution is 2.26. The van der Waals surface area contributed by atoms with Crippen LogP contribution in [0.25, 0.3) is 11.1 Å². The third-order valence-corrected chi connectivity index (χ3v) is 3.35. The van der Waals surface area contributed by atoms with Crippen molar-refractivity contribution in [2.75, 3.05) is 13.1 Å². The highest BCUT2D eigenvalue weighted by Gasteiger charge is 2.23. The van der Waals surface area contributed by atoms with Crippen LogP contribution in [0.2, 0.25) is 0 Å². The lowest BCUT2D eigenvalue weighted by Crippen LogP contribution is -2.23. The molecule has 1 aromatic heterocycles. The molecule has 0 amide bonds. The van der Waals surface area contributed by atoms with Crippen LogP contribution in [-0.4, -0.2) is 18.1 Å². The molecule has 1 aromatic carbocycles. The quantitative estimate of drug-likeness (QED) is 0.799. The molecule has 0 spiro atoms. The zero-order valence-corrected chi connectivity index (χ0v) is 9.02. The van der Waals surface area contributed by atoms with Crippen molar-refractivity contribution in [3.63, 3.8) is 0 Å². The zero-order chi connectivity index (χ0) is 11.0. The maximum absolute atomic E-state index is 6.26. The predicted molar refractivity (Wildman–Crippen MR) is 61.9 cm³/mol. The summed E-state index contributed by atoms with van der Waals surface area (Å²) < 4.78 is 5.29. The number of fused-ring (bicyclic) bond motifs is 1. The number of benzene rings is 1. The molecule has 84 valence electrons. The van der Waals surface area contributed by atoms with E-state index in [1.54, 1.807) is 0 Å². The molecule has 3 N–H and O–H groups in total. The molecule has 1 aliphatic rings. The Bertz CT molecular complexity index is 488. The summed E-state index contributed by atoms with van der Waals surface area (Å²) in [5.41, 5.74) is 9.10. The van der Waals surface area contributed by atoms with Crippen LogP contribution in [0.1, 0.15) is 18.0 Å². The second-order valence-electron chi connectivity index (χ2n) is 4.36. The Kier molecular flexibility index (Phi) is 2.38. The van der Waals surface area contributed by atoms with E-state index in [9.17, 15) is 0 Å². The Morgan fingerprint density at radius 1 is 1.50 bits per heavy atom. The normalized spacial score (nSPS) is 22.7. The molecule has 4 nitrogen and oxygen atoms in total. The van der Waals surface area contributed by atoms with E-state index >= 15 is 0 Å². The predicted octanol–water partition coefficient (Wildman–Crippen LogP) is 1.44. The van der Waals surface area contributed by atoms with E-state index in [1.807, 2.05) is 18.2 Å². The highest BCUT2D eigenvalue weighted by atomic mass is 16.3. The summed E-state index contributed by atoms with van der Waals surface area (Å²) in [5, 5.41) is 3.34. The van der Waals surface area contributed by atoms with Crippen LogP contribution < -0.4 is 11.1 Å². The molecular weight excluding hydrogens is 202 g/mol. The van der Waals surface area contributed by atoms with Gasteiger partial charge in [-0.1, -0.05) is 6.07 Å². The maximum Gasteiger partial charge on any atom is 0.181 e. The number of nitrogens with one attached hydrogen (secondary N) is 1. The molecule has 2 atom stereocenters. The van der Waals surface area contributed by atoms with Gasteiger partial charge in [0.15, 0.2) is 12.0 Å². The third-order valence-electron chi connectivity index (χ3n) is 3.35. The molecule has 2 heterocycles. The molecule has 1 saturated heterocycles. The highest BCUT2D eigenvalue weighted by molar-refractivity contribution is 5.72. The van der Waals surface area contributed by atoms with Gasteiger partial charge in [-0.3, -0.25) is 0 Å². The topological polar surface area (TPSA) is 64.1 Å². The maximum atomic E-state index is 6.26. The minimum atomic E-state index is 0.0875. The van der Waals surface area contributed by atoms with Crippen LogP contribution in [0.15, 0.2) is 29.0 Å². The minimum Gasteiger partial charge on any atom is -0.443 e. The number of rotatable bonds is 2. The Morgan fingerprint density at radius 3 is 3.25 bits per heavy atom. The lowest BCUT2D eigenvalue weighted by molar-refractivity contribution is 0.470. The van der Waals surface area contributed by atoms with Gasteiger partial charge in [-0.25, -0.2) is 4.98 Å². The molecule has 4 heteroatoms. The summed E-state index contributed by atoms with van der Waals surface area (Å²) in [5.74, 6) is 0.528. The van der Waals surface area contributed by atoms with Crippen molar-refractivity contribution in [3.05, 3.63) is 30.2 Å². The molecule has 0 bridgehead atoms. The summed E-state index contributed by atoms with van der Waals surface area (Å²) in [6, 6.07) is 6.11. The van der Waals surface area contributed by atoms with Crippen LogP contribution in [0.3, 0.4) is 0 Å². The monoisotopic (exact) mass is 217 g/mol. The van der Waals surface area contributed by atoms with E-state index in [1.165, 1.54) is 6.39 Å². The average Bonchev–Trinajstić information content (AvgIpc) is 2.98. The number of oxazole rings is 1. The number of nitrogens with zero attached hydrogens (tertiary/aromatic N) is 1. The molecular formula is C12H15N3O. The van der Waals surface area contributed by atoms with Gasteiger partial charge in [-0.05, 0) is 43.1 Å². The first-order valence-electron chi connectivity index (χ1n) is 5.64. The second-order valence-corrected chi connectivity index (χ2v) is 4.36. The minimum absolute atomic E-state index is 0.0875. The Hall–Kier alpha value is -1.39. The summed E-state index contributed by atoms with van der Waals surface area (Å²) in [6.45, 7) is 2.08. The van der Waals surface area contributed by atoms with Gasteiger partial charge in [-0.15, -0.1) is 0 Å². The largest absolute Gasteiger partial charge is 0.443 e. The lowest BCUT2D eigenvalue weighted by Gasteiger charge is -2.18. The molecule has 1 fully saturated rings. The van der Waals surface area contributed by atoms with Crippen molar-refractivity contribution in [1.29, 1.82) is 0 Å². The summed E-state index contributed by atoms with van der Waals surface area (Å²) in [4.78, 5) is 4.10. The number of aromatic nitrogens is 1. The fourth-order valence-electron chi connectivity index (χ4n) is 2.33. The second kappa shape index (κ2) is 3.88. The van der Waals surface area contributed by atoms with E-state index < -0.39 is 0 Å². The van der Waals surface area contributed by atoms with Crippen molar-refractivity contribution in [1.82, 2.24) is 10.3 Å². The third kappa shape index (κ3) is 1.60. The smallest absolute Gasteiger partial charge is 0.181 e. The van der Waals surface area contributed by atoms with E-state index in [4.69, 9.17) is 10.2 Å². The van der Waals surface area contributed by atoms with Crippen molar-refractivity contribution in [3.8, 4) is 0 Å². The first kappa shape index (κ1) is 9.81. The first-order valence-corrected chi connectivity index (χ1v) is 5.64. The van der Waals surface area contributed by atoms with Crippen molar-refractivity contribution in [2.45, 2.75) is 12.5 Å². The molecule has 2 unspecified atom stereocenters. The van der Waals surface area contributed by atoms with Crippen molar-refractivity contribution in [2.24, 2.45) is 11.7 Å². The Labute approximate surface area is 93.8 Å². The van der Waals surface area contributed by atoms with Crippen LogP contribution >= 0.6 is 0 Å². The van der Waals surface area contributed by atoms with Gasteiger partial charge < -0.3 is 15.5 Å². The van der Waals surface area contributed by atoms with E-state index in [-0.39, 0.29) is 6.04 Å². The number of nitrogens with two attached hydrogens (primary N) is 1. The van der Waals surface area contributed by atoms with Crippen LogP contribution in [0, 0.1) is 5.92 Å². The molecule has 0 saturated carbocycles. The van der Waals surface area contributed by atoms with Crippen LogP contribution in [0.5, 0.6) is 0 Å². The standard InChI is InChI=1S/C12H15N3O/c13-12(9-3-4-14-6-9)8-1-2-10-11(5-8)16-7-15-10/h1-2,5,7,9,12,14H,3-4,6,13H2. The lowest BCUT2D eigenvalue weighted by atomic mass is 9.93. The number of hydrogen-bond acceptors (Lipinski definition) is 4. The SMILES string of the molecule is NC(c1ccc2ncoc2c1)C1CCNC1. The van der Waals surface area contributed by atoms with Gasteiger partial charge in [0.1, 0.15) is 5.52 Å². The van der Waals surface area contributed by atoms with Gasteiger partial charge in [0, 0.05) is 6.04 Å². The fourth-order valence-corrected chi connectivity index (χ4v) is 2.33. The van der Waals surface area contributed by atoms with Crippen LogP contribution in [-0.2, 0) is 0 Å². The van der Waals surface area contributed by atoms with Crippen LogP contribution in [0.4, 0.5) is 0 Å². The fraction of sp³-hybridized carbons (Fsp3) is 0.417. The van der Waals surface area contributed by atoms with Gasteiger partial charge in [-0.2, -0.15) is 0 Å². The van der Waals surface area contributed by atoms with Crippen molar-refractivity contribution < 1.29 is 4.42 Å². The molecule has 1 aliphatic heterocycles. The Morgan fingerprint density at radius 2 is 2.44 bits per heavy atom. The molecule has 2 aromatic rings. The molecule has 16 heavy (non-hydrogen) atoms. The average molecular weight is 217 g/mol. The summed E-state index contributed by atoms with van der Waals surface area (Å²) in [6.07, 6.45) is 2.62. The van der Waals surface area contributed by atoms with Gasteiger partial charge in [0.25, 0.3) is 0 Å².